The second-order valence-corrected chi connectivity index (χ2v) is 4.22. The standard InChI is InChI=1S/C14H17N3O2/c1-3-11-10(13(18)17-14(15)16-11)8-9-6-4-5-7-12(9)19-2/h4-7H,3,8H2,1-2H3,(H3,15,16,17,18). The van der Waals surface area contributed by atoms with Crippen LogP contribution in [-0.4, -0.2) is 17.1 Å². The van der Waals surface area contributed by atoms with E-state index >= 15 is 0 Å². The number of benzene rings is 1. The first-order valence-corrected chi connectivity index (χ1v) is 6.15. The molecule has 5 heteroatoms. The third kappa shape index (κ3) is 2.76. The van der Waals surface area contributed by atoms with E-state index in [1.54, 1.807) is 7.11 Å². The van der Waals surface area contributed by atoms with Crippen molar-refractivity contribution in [3.8, 4) is 5.75 Å². The number of nitrogens with zero attached hydrogens (tertiary/aromatic N) is 1. The van der Waals surface area contributed by atoms with Crippen LogP contribution in [0.25, 0.3) is 0 Å². The number of aromatic nitrogens is 2. The molecule has 0 atom stereocenters. The molecule has 0 bridgehead atoms. The lowest BCUT2D eigenvalue weighted by Crippen LogP contribution is -2.20. The number of nitrogens with two attached hydrogens (primary N) is 1. The number of hydrogen-bond acceptors (Lipinski definition) is 4. The Labute approximate surface area is 111 Å². The number of nitrogen functional groups attached to an aromatic ring is 1. The van der Waals surface area contributed by atoms with Gasteiger partial charge < -0.3 is 10.5 Å². The topological polar surface area (TPSA) is 81.0 Å². The van der Waals surface area contributed by atoms with E-state index in [1.807, 2.05) is 31.2 Å². The van der Waals surface area contributed by atoms with Gasteiger partial charge in [-0.15, -0.1) is 0 Å². The van der Waals surface area contributed by atoms with Crippen molar-refractivity contribution in [1.29, 1.82) is 0 Å². The monoisotopic (exact) mass is 259 g/mol. The fourth-order valence-corrected chi connectivity index (χ4v) is 2.08. The van der Waals surface area contributed by atoms with Gasteiger partial charge in [-0.05, 0) is 18.1 Å². The molecule has 0 aliphatic heterocycles. The normalized spacial score (nSPS) is 10.4. The lowest BCUT2D eigenvalue weighted by atomic mass is 10.0. The van der Waals surface area contributed by atoms with E-state index in [9.17, 15) is 4.79 Å². The predicted octanol–water partition coefficient (Wildman–Crippen LogP) is 1.51. The molecule has 1 aromatic carbocycles. The van der Waals surface area contributed by atoms with E-state index in [1.165, 1.54) is 0 Å². The van der Waals surface area contributed by atoms with E-state index < -0.39 is 0 Å². The number of ether oxygens (including phenoxy) is 1. The third-order valence-electron chi connectivity index (χ3n) is 3.01. The van der Waals surface area contributed by atoms with Crippen molar-refractivity contribution in [3.05, 3.63) is 51.4 Å². The molecule has 1 heterocycles. The zero-order chi connectivity index (χ0) is 13.8. The molecule has 0 spiro atoms. The van der Waals surface area contributed by atoms with Crippen LogP contribution in [0.3, 0.4) is 0 Å². The van der Waals surface area contributed by atoms with Gasteiger partial charge in [-0.25, -0.2) is 4.98 Å². The summed E-state index contributed by atoms with van der Waals surface area (Å²) in [5.74, 6) is 0.923. The molecule has 0 aliphatic carbocycles. The molecule has 3 N–H and O–H groups in total. The van der Waals surface area contributed by atoms with Crippen molar-refractivity contribution < 1.29 is 4.74 Å². The van der Waals surface area contributed by atoms with Crippen LogP contribution >= 0.6 is 0 Å². The minimum Gasteiger partial charge on any atom is -0.496 e. The van der Waals surface area contributed by atoms with Gasteiger partial charge in [-0.3, -0.25) is 9.78 Å². The maximum absolute atomic E-state index is 12.0. The van der Waals surface area contributed by atoms with E-state index in [-0.39, 0.29) is 11.5 Å². The summed E-state index contributed by atoms with van der Waals surface area (Å²) in [6, 6.07) is 7.63. The second kappa shape index (κ2) is 5.56. The smallest absolute Gasteiger partial charge is 0.256 e. The molecular weight excluding hydrogens is 242 g/mol. The first-order valence-electron chi connectivity index (χ1n) is 6.15. The number of aromatic amines is 1. The minimum atomic E-state index is -0.185. The van der Waals surface area contributed by atoms with E-state index in [0.717, 1.165) is 17.0 Å². The van der Waals surface area contributed by atoms with Crippen LogP contribution in [0, 0.1) is 0 Å². The molecule has 0 fully saturated rings. The molecule has 0 saturated heterocycles. The van der Waals surface area contributed by atoms with Gasteiger partial charge in [0.2, 0.25) is 5.95 Å². The van der Waals surface area contributed by atoms with Crippen molar-refractivity contribution >= 4 is 5.95 Å². The third-order valence-corrected chi connectivity index (χ3v) is 3.01. The fourth-order valence-electron chi connectivity index (χ4n) is 2.08. The van der Waals surface area contributed by atoms with Crippen molar-refractivity contribution in [2.45, 2.75) is 19.8 Å². The van der Waals surface area contributed by atoms with Crippen LogP contribution < -0.4 is 16.0 Å². The van der Waals surface area contributed by atoms with Crippen LogP contribution in [-0.2, 0) is 12.8 Å². The van der Waals surface area contributed by atoms with Crippen molar-refractivity contribution in [3.63, 3.8) is 0 Å². The van der Waals surface area contributed by atoms with Gasteiger partial charge in [0.05, 0.1) is 12.8 Å². The Kier molecular flexibility index (Phi) is 3.85. The Hall–Kier alpha value is -2.30. The fraction of sp³-hybridized carbons (Fsp3) is 0.286. The van der Waals surface area contributed by atoms with E-state index in [0.29, 0.717) is 18.4 Å². The maximum atomic E-state index is 12.0. The SMILES string of the molecule is CCc1nc(N)[nH]c(=O)c1Cc1ccccc1OC. The molecule has 2 aromatic rings. The molecule has 2 rings (SSSR count). The number of nitrogens with one attached hydrogen (secondary N) is 1. The molecule has 0 unspecified atom stereocenters. The number of H-pyrrole nitrogens is 1. The van der Waals surface area contributed by atoms with Gasteiger partial charge in [0.25, 0.3) is 5.56 Å². The summed E-state index contributed by atoms with van der Waals surface area (Å²) in [6.07, 6.45) is 1.15. The average Bonchev–Trinajstić information content (AvgIpc) is 2.42. The van der Waals surface area contributed by atoms with Crippen molar-refractivity contribution in [2.75, 3.05) is 12.8 Å². The molecule has 0 aliphatic rings. The lowest BCUT2D eigenvalue weighted by Gasteiger charge is -2.10. The van der Waals surface area contributed by atoms with Crippen molar-refractivity contribution in [2.24, 2.45) is 0 Å². The molecule has 0 radical (unpaired) electrons. The summed E-state index contributed by atoms with van der Waals surface area (Å²) >= 11 is 0. The Bertz CT molecular complexity index is 635. The highest BCUT2D eigenvalue weighted by molar-refractivity contribution is 5.38. The minimum absolute atomic E-state index is 0.158. The summed E-state index contributed by atoms with van der Waals surface area (Å²) in [5.41, 5.74) is 7.70. The predicted molar refractivity (Wildman–Crippen MR) is 74.4 cm³/mol. The van der Waals surface area contributed by atoms with Crippen molar-refractivity contribution in [1.82, 2.24) is 9.97 Å². The molecular formula is C14H17N3O2. The van der Waals surface area contributed by atoms with E-state index in [2.05, 4.69) is 9.97 Å². The molecule has 100 valence electrons. The van der Waals surface area contributed by atoms with Gasteiger partial charge >= 0.3 is 0 Å². The highest BCUT2D eigenvalue weighted by Gasteiger charge is 2.12. The largest absolute Gasteiger partial charge is 0.496 e. The summed E-state index contributed by atoms with van der Waals surface area (Å²) in [6.45, 7) is 1.95. The number of hydrogen-bond donors (Lipinski definition) is 2. The van der Waals surface area contributed by atoms with Crippen LogP contribution in [0.5, 0.6) is 5.75 Å². The average molecular weight is 259 g/mol. The van der Waals surface area contributed by atoms with Crippen LogP contribution in [0.4, 0.5) is 5.95 Å². The first kappa shape index (κ1) is 13.1. The second-order valence-electron chi connectivity index (χ2n) is 4.22. The molecule has 19 heavy (non-hydrogen) atoms. The summed E-state index contributed by atoms with van der Waals surface area (Å²) < 4.78 is 5.30. The molecule has 0 saturated carbocycles. The van der Waals surface area contributed by atoms with E-state index in [4.69, 9.17) is 10.5 Å². The highest BCUT2D eigenvalue weighted by atomic mass is 16.5. The van der Waals surface area contributed by atoms with Gasteiger partial charge in [0, 0.05) is 12.0 Å². The molecule has 0 amide bonds. The number of rotatable bonds is 4. The number of aryl methyl sites for hydroxylation is 1. The maximum Gasteiger partial charge on any atom is 0.256 e. The van der Waals surface area contributed by atoms with Gasteiger partial charge in [0.15, 0.2) is 0 Å². The molecule has 5 nitrogen and oxygen atoms in total. The van der Waals surface area contributed by atoms with Gasteiger partial charge in [0.1, 0.15) is 5.75 Å². The Morgan fingerprint density at radius 1 is 1.37 bits per heavy atom. The van der Waals surface area contributed by atoms with Gasteiger partial charge in [-0.1, -0.05) is 25.1 Å². The summed E-state index contributed by atoms with van der Waals surface area (Å²) in [4.78, 5) is 18.7. The zero-order valence-corrected chi connectivity index (χ0v) is 11.1. The Morgan fingerprint density at radius 2 is 2.11 bits per heavy atom. The lowest BCUT2D eigenvalue weighted by molar-refractivity contribution is 0.410. The number of anilines is 1. The number of para-hydroxylation sites is 1. The van der Waals surface area contributed by atoms with Crippen LogP contribution in [0.2, 0.25) is 0 Å². The van der Waals surface area contributed by atoms with Crippen LogP contribution in [0.1, 0.15) is 23.7 Å². The van der Waals surface area contributed by atoms with Gasteiger partial charge in [-0.2, -0.15) is 0 Å². The highest BCUT2D eigenvalue weighted by Crippen LogP contribution is 2.20. The summed E-state index contributed by atoms with van der Waals surface area (Å²) in [7, 11) is 1.62. The first-order chi connectivity index (χ1) is 9.15. The quantitative estimate of drug-likeness (QED) is 0.872. The Balaban J connectivity index is 2.46. The summed E-state index contributed by atoms with van der Waals surface area (Å²) in [5, 5.41) is 0. The molecule has 1 aromatic heterocycles. The number of methoxy groups -OCH3 is 1. The zero-order valence-electron chi connectivity index (χ0n) is 11.1. The van der Waals surface area contributed by atoms with Crippen LogP contribution in [0.15, 0.2) is 29.1 Å². The Morgan fingerprint density at radius 3 is 2.79 bits per heavy atom.